The Balaban J connectivity index is 1.76. The van der Waals surface area contributed by atoms with Crippen molar-refractivity contribution >= 4 is 5.97 Å². The van der Waals surface area contributed by atoms with Crippen LogP contribution in [0, 0.1) is 11.8 Å². The lowest BCUT2D eigenvalue weighted by atomic mass is 9.77. The number of carbonyl (C=O) groups is 1. The smallest absolute Gasteiger partial charge is 0.326 e. The summed E-state index contributed by atoms with van der Waals surface area (Å²) >= 11 is 0. The van der Waals surface area contributed by atoms with Crippen molar-refractivity contribution in [2.45, 2.75) is 57.4 Å². The fourth-order valence-corrected chi connectivity index (χ4v) is 2.65. The second-order valence-electron chi connectivity index (χ2n) is 5.73. The molecule has 0 aromatic heterocycles. The molecule has 0 bridgehead atoms. The highest BCUT2D eigenvalue weighted by molar-refractivity contribution is 5.80. The molecule has 0 spiro atoms. The van der Waals surface area contributed by atoms with Crippen LogP contribution in [0.5, 0.6) is 0 Å². The Morgan fingerprint density at radius 2 is 2.19 bits per heavy atom. The Bertz CT molecular complexity index is 263. The molecule has 2 rings (SSSR count). The van der Waals surface area contributed by atoms with E-state index in [9.17, 15) is 4.79 Å². The van der Waals surface area contributed by atoms with Crippen LogP contribution < -0.4 is 5.73 Å². The summed E-state index contributed by atoms with van der Waals surface area (Å²) < 4.78 is 5.32. The first-order valence-corrected chi connectivity index (χ1v) is 6.56. The molecule has 0 aromatic carbocycles. The van der Waals surface area contributed by atoms with Crippen LogP contribution >= 0.6 is 0 Å². The quantitative estimate of drug-likeness (QED) is 0.746. The third-order valence-corrected chi connectivity index (χ3v) is 3.90. The van der Waals surface area contributed by atoms with Crippen molar-refractivity contribution in [2.75, 3.05) is 6.61 Å². The Morgan fingerprint density at radius 1 is 1.44 bits per heavy atom. The minimum atomic E-state index is -0.693. The van der Waals surface area contributed by atoms with Crippen molar-refractivity contribution in [3.8, 4) is 0 Å². The molecular formula is C13H23NO2. The number of rotatable bonds is 4. The maximum absolute atomic E-state index is 11.9. The van der Waals surface area contributed by atoms with Gasteiger partial charge in [-0.2, -0.15) is 0 Å². The van der Waals surface area contributed by atoms with Crippen molar-refractivity contribution in [1.29, 1.82) is 0 Å². The second-order valence-corrected chi connectivity index (χ2v) is 5.73. The molecule has 16 heavy (non-hydrogen) atoms. The van der Waals surface area contributed by atoms with Gasteiger partial charge in [-0.15, -0.1) is 0 Å². The van der Waals surface area contributed by atoms with Gasteiger partial charge in [0.1, 0.15) is 5.54 Å². The third kappa shape index (κ3) is 2.97. The maximum atomic E-state index is 11.9. The molecule has 2 saturated carbocycles. The van der Waals surface area contributed by atoms with Gasteiger partial charge in [-0.1, -0.05) is 32.6 Å². The zero-order valence-electron chi connectivity index (χ0n) is 10.2. The van der Waals surface area contributed by atoms with Gasteiger partial charge in [-0.3, -0.25) is 4.79 Å². The van der Waals surface area contributed by atoms with E-state index in [0.717, 1.165) is 31.6 Å². The molecule has 2 N–H and O–H groups in total. The zero-order chi connectivity index (χ0) is 11.6. The number of ether oxygens (including phenoxy) is 1. The first-order valence-electron chi connectivity index (χ1n) is 6.56. The van der Waals surface area contributed by atoms with E-state index in [1.165, 1.54) is 19.3 Å². The fourth-order valence-electron chi connectivity index (χ4n) is 2.65. The Hall–Kier alpha value is -0.570. The Labute approximate surface area is 97.7 Å². The summed E-state index contributed by atoms with van der Waals surface area (Å²) in [6, 6.07) is 0. The van der Waals surface area contributed by atoms with E-state index in [2.05, 4.69) is 6.92 Å². The van der Waals surface area contributed by atoms with E-state index in [-0.39, 0.29) is 5.97 Å². The van der Waals surface area contributed by atoms with Crippen molar-refractivity contribution in [2.24, 2.45) is 17.6 Å². The number of hydrogen-bond donors (Lipinski definition) is 1. The molecule has 0 heterocycles. The second kappa shape index (κ2) is 4.74. The van der Waals surface area contributed by atoms with E-state index in [1.807, 2.05) is 0 Å². The highest BCUT2D eigenvalue weighted by atomic mass is 16.5. The van der Waals surface area contributed by atoms with Gasteiger partial charge < -0.3 is 10.5 Å². The predicted octanol–water partition coefficient (Wildman–Crippen LogP) is 2.24. The van der Waals surface area contributed by atoms with Crippen molar-refractivity contribution in [1.82, 2.24) is 0 Å². The molecule has 2 fully saturated rings. The van der Waals surface area contributed by atoms with Gasteiger partial charge in [0.05, 0.1) is 6.61 Å². The highest BCUT2D eigenvalue weighted by Crippen LogP contribution is 2.33. The molecule has 3 nitrogen and oxygen atoms in total. The Morgan fingerprint density at radius 3 is 2.81 bits per heavy atom. The summed E-state index contributed by atoms with van der Waals surface area (Å²) in [5, 5.41) is 0. The molecule has 2 unspecified atom stereocenters. The lowest BCUT2D eigenvalue weighted by Gasteiger charge is -2.34. The van der Waals surface area contributed by atoms with Crippen LogP contribution in [0.3, 0.4) is 0 Å². The van der Waals surface area contributed by atoms with Crippen LogP contribution in [0.1, 0.15) is 51.9 Å². The average molecular weight is 225 g/mol. The van der Waals surface area contributed by atoms with Crippen molar-refractivity contribution in [3.63, 3.8) is 0 Å². The number of nitrogens with two attached hydrogens (primary N) is 1. The molecule has 0 amide bonds. The maximum Gasteiger partial charge on any atom is 0.326 e. The van der Waals surface area contributed by atoms with Gasteiger partial charge in [0.15, 0.2) is 0 Å². The standard InChI is InChI=1S/C13H23NO2/c1-10-3-2-7-13(14,9-10)12(15)16-8-6-11-4-5-11/h10-11H,2-9,14H2,1H3. The van der Waals surface area contributed by atoms with Gasteiger partial charge in [0.25, 0.3) is 0 Å². The van der Waals surface area contributed by atoms with Gasteiger partial charge in [0.2, 0.25) is 0 Å². The van der Waals surface area contributed by atoms with Crippen LogP contribution in [0.15, 0.2) is 0 Å². The molecule has 2 atom stereocenters. The lowest BCUT2D eigenvalue weighted by molar-refractivity contribution is -0.152. The number of hydrogen-bond acceptors (Lipinski definition) is 3. The monoisotopic (exact) mass is 225 g/mol. The van der Waals surface area contributed by atoms with E-state index >= 15 is 0 Å². The Kier molecular flexibility index (Phi) is 3.53. The molecular weight excluding hydrogens is 202 g/mol. The topological polar surface area (TPSA) is 52.3 Å². The third-order valence-electron chi connectivity index (χ3n) is 3.90. The summed E-state index contributed by atoms with van der Waals surface area (Å²) in [5.74, 6) is 1.20. The fraction of sp³-hybridized carbons (Fsp3) is 0.923. The lowest BCUT2D eigenvalue weighted by Crippen LogP contribution is -2.52. The van der Waals surface area contributed by atoms with Gasteiger partial charge >= 0.3 is 5.97 Å². The summed E-state index contributed by atoms with van der Waals surface area (Å²) in [6.07, 6.45) is 7.46. The minimum Gasteiger partial charge on any atom is -0.464 e. The molecule has 0 saturated heterocycles. The number of carbonyl (C=O) groups excluding carboxylic acids is 1. The average Bonchev–Trinajstić information content (AvgIpc) is 3.01. The van der Waals surface area contributed by atoms with Crippen LogP contribution in [0.4, 0.5) is 0 Å². The minimum absolute atomic E-state index is 0.167. The van der Waals surface area contributed by atoms with Gasteiger partial charge in [-0.05, 0) is 31.1 Å². The molecule has 0 aromatic rings. The zero-order valence-corrected chi connectivity index (χ0v) is 10.2. The summed E-state index contributed by atoms with van der Waals surface area (Å²) in [5.41, 5.74) is 5.46. The molecule has 3 heteroatoms. The normalized spacial score (nSPS) is 34.8. The molecule has 2 aliphatic rings. The van der Waals surface area contributed by atoms with Crippen molar-refractivity contribution < 1.29 is 9.53 Å². The van der Waals surface area contributed by atoms with Crippen LogP contribution in [0.25, 0.3) is 0 Å². The van der Waals surface area contributed by atoms with Gasteiger partial charge in [0, 0.05) is 0 Å². The molecule has 0 radical (unpaired) electrons. The SMILES string of the molecule is CC1CCCC(N)(C(=O)OCCC2CC2)C1. The van der Waals surface area contributed by atoms with E-state index in [4.69, 9.17) is 10.5 Å². The molecule has 92 valence electrons. The summed E-state index contributed by atoms with van der Waals surface area (Å²) in [7, 11) is 0. The largest absolute Gasteiger partial charge is 0.464 e. The van der Waals surface area contributed by atoms with Gasteiger partial charge in [-0.25, -0.2) is 0 Å². The summed E-state index contributed by atoms with van der Waals surface area (Å²) in [4.78, 5) is 11.9. The van der Waals surface area contributed by atoms with E-state index in [1.54, 1.807) is 0 Å². The number of esters is 1. The predicted molar refractivity (Wildman–Crippen MR) is 62.9 cm³/mol. The molecule has 2 aliphatic carbocycles. The molecule has 0 aliphatic heterocycles. The highest BCUT2D eigenvalue weighted by Gasteiger charge is 2.39. The van der Waals surface area contributed by atoms with Crippen LogP contribution in [-0.2, 0) is 9.53 Å². The summed E-state index contributed by atoms with van der Waals surface area (Å²) in [6.45, 7) is 2.73. The first kappa shape index (κ1) is 11.9. The van der Waals surface area contributed by atoms with Crippen LogP contribution in [-0.4, -0.2) is 18.1 Å². The van der Waals surface area contributed by atoms with E-state index < -0.39 is 5.54 Å². The van der Waals surface area contributed by atoms with E-state index in [0.29, 0.717) is 12.5 Å². The van der Waals surface area contributed by atoms with Crippen LogP contribution in [0.2, 0.25) is 0 Å². The first-order chi connectivity index (χ1) is 7.60. The van der Waals surface area contributed by atoms with Crippen molar-refractivity contribution in [3.05, 3.63) is 0 Å².